The largest absolute Gasteiger partial charge is 0.480 e. The van der Waals surface area contributed by atoms with Crippen molar-refractivity contribution in [3.63, 3.8) is 0 Å². The lowest BCUT2D eigenvalue weighted by Crippen LogP contribution is -2.49. The lowest BCUT2D eigenvalue weighted by molar-refractivity contribution is -0.140. The summed E-state index contributed by atoms with van der Waals surface area (Å²) in [6.45, 7) is 5.13. The predicted octanol–water partition coefficient (Wildman–Crippen LogP) is -0.671. The topological polar surface area (TPSA) is 312 Å². The maximum atomic E-state index is 16.8. The zero-order chi connectivity index (χ0) is 53.8. The first-order valence-corrected chi connectivity index (χ1v) is 27.6. The maximum absolute atomic E-state index is 16.8. The van der Waals surface area contributed by atoms with Gasteiger partial charge in [0.15, 0.2) is 0 Å². The number of amides is 5. The molecular weight excluding hydrogens is 1000 g/mol. The third-order valence-corrected chi connectivity index (χ3v) is 15.1. The van der Waals surface area contributed by atoms with Crippen LogP contribution in [0.2, 0.25) is 0 Å². The van der Waals surface area contributed by atoms with E-state index in [1.54, 1.807) is 19.4 Å². The molecule has 75 heavy (non-hydrogen) atoms. The van der Waals surface area contributed by atoms with E-state index in [0.29, 0.717) is 115 Å². The summed E-state index contributed by atoms with van der Waals surface area (Å²) < 4.78 is 35.2. The number of halogens is 1. The van der Waals surface area contributed by atoms with E-state index in [-0.39, 0.29) is 121 Å². The van der Waals surface area contributed by atoms with Crippen LogP contribution in [0.4, 0.5) is 9.18 Å². The number of aryl methyl sites for hydroxylation is 1. The molecule has 27 heteroatoms. The van der Waals surface area contributed by atoms with Crippen molar-refractivity contribution in [3.8, 4) is 0 Å². The lowest BCUT2D eigenvalue weighted by Gasteiger charge is -2.32. The Hall–Kier alpha value is -4.77. The zero-order valence-electron chi connectivity index (χ0n) is 43.3. The summed E-state index contributed by atoms with van der Waals surface area (Å²) in [6, 6.07) is 0.325. The van der Waals surface area contributed by atoms with Gasteiger partial charge in [0.25, 0.3) is 5.91 Å². The second-order valence-electron chi connectivity index (χ2n) is 19.5. The number of hydrogen-bond acceptors (Lipinski definition) is 17. The SMILES string of the molecule is O=C(O)CN1CCN(CC(=O)O)CCN(CC(=O)NCCCn2nnc3c2CCCCCC3(F)C(=O)NCCCOCCOCCOCCCNC(=O)CCCC[C@@H]2SC[C@@H]3NC(=O)N[C@@H]32)CCN(CC(=O)O)CC1. The monoisotopic (exact) mass is 1080 g/mol. The van der Waals surface area contributed by atoms with Gasteiger partial charge in [-0.3, -0.25) is 48.4 Å². The molecule has 1 aromatic heterocycles. The van der Waals surface area contributed by atoms with Crippen molar-refractivity contribution in [3.05, 3.63) is 11.4 Å². The number of rotatable bonds is 32. The van der Waals surface area contributed by atoms with Gasteiger partial charge in [-0.1, -0.05) is 18.1 Å². The van der Waals surface area contributed by atoms with Gasteiger partial charge in [0.1, 0.15) is 5.69 Å². The Kier molecular flexibility index (Phi) is 27.2. The standard InChI is InChI=1S/C48H81FN12O13S/c49-48(46(70)52-15-8-26-73-28-30-74-29-27-72-25-7-14-50-39(62)11-4-3-10-38-44-36(35-75-38)53-47(71)54-44)12-5-1-2-9-37-45(48)55-56-61(37)16-6-13-51-40(63)31-57-17-19-58(32-41(64)65)21-23-60(34-43(68)69)24-22-59(20-18-57)33-42(66)67/h36,38,44H,1-35H2,(H,50,62)(H,51,63)(H,52,70)(H,64,65)(H,66,67)(H,68,69)(H2,53,54,71)/t36-,38-,44-,48?/m0/s1. The van der Waals surface area contributed by atoms with Crippen LogP contribution in [0.1, 0.15) is 82.0 Å². The number of hydrogen-bond donors (Lipinski definition) is 8. The number of thioether (sulfide) groups is 1. The molecule has 1 unspecified atom stereocenters. The lowest BCUT2D eigenvalue weighted by atomic mass is 9.88. The fraction of sp³-hybridized carbons (Fsp3) is 0.812. The number of nitrogens with one attached hydrogen (secondary N) is 5. The molecule has 0 saturated carbocycles. The quantitative estimate of drug-likeness (QED) is 0.0328. The zero-order valence-corrected chi connectivity index (χ0v) is 44.1. The van der Waals surface area contributed by atoms with Crippen molar-refractivity contribution in [1.82, 2.24) is 61.2 Å². The molecule has 1 aliphatic carbocycles. The Bertz CT molecular complexity index is 1950. The number of carboxylic acids is 3. The molecule has 8 N–H and O–H groups in total. The number of ether oxygens (including phenoxy) is 3. The molecule has 0 aromatic carbocycles. The van der Waals surface area contributed by atoms with Gasteiger partial charge in [-0.05, 0) is 57.8 Å². The highest BCUT2D eigenvalue weighted by atomic mass is 32.2. The van der Waals surface area contributed by atoms with E-state index >= 15 is 4.39 Å². The third kappa shape index (κ3) is 22.4. The van der Waals surface area contributed by atoms with E-state index in [4.69, 9.17) is 14.2 Å². The number of unbranched alkanes of at least 4 members (excludes halogenated alkanes) is 1. The second-order valence-corrected chi connectivity index (χ2v) is 20.7. The fourth-order valence-corrected chi connectivity index (χ4v) is 11.1. The van der Waals surface area contributed by atoms with Crippen LogP contribution in [-0.2, 0) is 61.6 Å². The number of carbonyl (C=O) groups excluding carboxylic acids is 4. The Morgan fingerprint density at radius 1 is 0.653 bits per heavy atom. The highest BCUT2D eigenvalue weighted by molar-refractivity contribution is 8.00. The summed E-state index contributed by atoms with van der Waals surface area (Å²) in [5.74, 6) is -3.20. The highest BCUT2D eigenvalue weighted by Crippen LogP contribution is 2.36. The third-order valence-electron chi connectivity index (χ3n) is 13.6. The van der Waals surface area contributed by atoms with E-state index in [1.807, 2.05) is 16.7 Å². The Morgan fingerprint density at radius 3 is 1.77 bits per heavy atom. The number of aliphatic carboxylic acids is 3. The van der Waals surface area contributed by atoms with Gasteiger partial charge in [0, 0.05) is 109 Å². The van der Waals surface area contributed by atoms with Crippen molar-refractivity contribution < 1.29 is 67.5 Å². The van der Waals surface area contributed by atoms with Crippen molar-refractivity contribution >= 4 is 53.4 Å². The van der Waals surface area contributed by atoms with E-state index < -0.39 is 29.5 Å². The number of carboxylic acid groups (broad SMARTS) is 3. The minimum atomic E-state index is -2.36. The number of nitrogens with zero attached hydrogens (tertiary/aromatic N) is 7. The second kappa shape index (κ2) is 33.4. The Morgan fingerprint density at radius 2 is 1.19 bits per heavy atom. The minimum absolute atomic E-state index is 0.0156. The van der Waals surface area contributed by atoms with E-state index in [9.17, 15) is 48.9 Å². The number of alkyl halides is 1. The molecule has 3 fully saturated rings. The van der Waals surface area contributed by atoms with E-state index in [2.05, 4.69) is 36.9 Å². The molecule has 4 aliphatic rings. The summed E-state index contributed by atoms with van der Waals surface area (Å²) in [4.78, 5) is 92.0. The Balaban J connectivity index is 0.920. The molecule has 4 atom stereocenters. The van der Waals surface area contributed by atoms with Crippen LogP contribution in [0.25, 0.3) is 0 Å². The van der Waals surface area contributed by atoms with Crippen molar-refractivity contribution in [2.75, 3.05) is 144 Å². The summed E-state index contributed by atoms with van der Waals surface area (Å²) in [5.41, 5.74) is -1.79. The molecular formula is C48H81FN12O13S. The maximum Gasteiger partial charge on any atom is 0.317 e. The number of fused-ring (bicyclic) bond motifs is 2. The molecule has 424 valence electrons. The van der Waals surface area contributed by atoms with Crippen molar-refractivity contribution in [1.29, 1.82) is 0 Å². The molecule has 0 spiro atoms. The molecule has 4 heterocycles. The molecule has 3 aliphatic heterocycles. The summed E-state index contributed by atoms with van der Waals surface area (Å²) >= 11 is 1.88. The fourth-order valence-electron chi connectivity index (χ4n) is 9.57. The van der Waals surface area contributed by atoms with Crippen molar-refractivity contribution in [2.45, 2.75) is 107 Å². The van der Waals surface area contributed by atoms with Crippen LogP contribution in [-0.4, -0.2) is 252 Å². The van der Waals surface area contributed by atoms with Crippen LogP contribution in [0.5, 0.6) is 0 Å². The molecule has 0 radical (unpaired) electrons. The van der Waals surface area contributed by atoms with Gasteiger partial charge >= 0.3 is 23.9 Å². The van der Waals surface area contributed by atoms with Crippen LogP contribution >= 0.6 is 11.8 Å². The minimum Gasteiger partial charge on any atom is -0.480 e. The summed E-state index contributed by atoms with van der Waals surface area (Å²) in [5, 5.41) is 51.8. The van der Waals surface area contributed by atoms with Crippen LogP contribution < -0.4 is 26.6 Å². The molecule has 1 aromatic rings. The molecule has 3 saturated heterocycles. The van der Waals surface area contributed by atoms with Gasteiger partial charge in [-0.25, -0.2) is 13.9 Å². The molecule has 5 rings (SSSR count). The van der Waals surface area contributed by atoms with E-state index in [0.717, 1.165) is 37.9 Å². The van der Waals surface area contributed by atoms with Crippen LogP contribution in [0, 0.1) is 0 Å². The smallest absolute Gasteiger partial charge is 0.317 e. The average molecular weight is 1090 g/mol. The van der Waals surface area contributed by atoms with Crippen LogP contribution in [0.3, 0.4) is 0 Å². The first-order chi connectivity index (χ1) is 36.2. The molecule has 25 nitrogen and oxygen atoms in total. The summed E-state index contributed by atoms with van der Waals surface area (Å²) in [6.07, 6.45) is 7.31. The van der Waals surface area contributed by atoms with Crippen LogP contribution in [0.15, 0.2) is 0 Å². The molecule has 5 amide bonds. The van der Waals surface area contributed by atoms with Gasteiger partial charge in [0.05, 0.1) is 70.4 Å². The van der Waals surface area contributed by atoms with Gasteiger partial charge in [0.2, 0.25) is 17.5 Å². The summed E-state index contributed by atoms with van der Waals surface area (Å²) in [7, 11) is 0. The predicted molar refractivity (Wildman–Crippen MR) is 273 cm³/mol. The van der Waals surface area contributed by atoms with Gasteiger partial charge in [-0.2, -0.15) is 11.8 Å². The van der Waals surface area contributed by atoms with Crippen molar-refractivity contribution in [2.24, 2.45) is 0 Å². The van der Waals surface area contributed by atoms with Gasteiger partial charge in [-0.15, -0.1) is 5.10 Å². The first kappa shape index (κ1) is 61.1. The number of urea groups is 1. The number of aromatic nitrogens is 3. The van der Waals surface area contributed by atoms with Gasteiger partial charge < -0.3 is 56.1 Å². The normalized spacial score (nSPS) is 22.3. The van der Waals surface area contributed by atoms with E-state index in [1.165, 1.54) is 0 Å². The average Bonchev–Trinajstić information content (AvgIpc) is 4.06. The Labute approximate surface area is 442 Å². The number of carbonyl (C=O) groups is 7. The highest BCUT2D eigenvalue weighted by Gasteiger charge is 2.46. The first-order valence-electron chi connectivity index (χ1n) is 26.6. The molecule has 0 bridgehead atoms.